The molecule has 4 aliphatic rings. The van der Waals surface area contributed by atoms with Crippen LogP contribution in [-0.2, 0) is 0 Å². The fourth-order valence-electron chi connectivity index (χ4n) is 6.96. The summed E-state index contributed by atoms with van der Waals surface area (Å²) in [5, 5.41) is 10.3. The quantitative estimate of drug-likeness (QED) is 0.618. The second-order valence-electron chi connectivity index (χ2n) is 9.50. The molecule has 0 saturated heterocycles. The van der Waals surface area contributed by atoms with Gasteiger partial charge >= 0.3 is 0 Å². The Bertz CT molecular complexity index is 530. The molecule has 0 heterocycles. The molecule has 0 amide bonds. The summed E-state index contributed by atoms with van der Waals surface area (Å²) in [5.74, 6) is -0.684. The van der Waals surface area contributed by atoms with Crippen LogP contribution in [0.1, 0.15) is 59.3 Å². The minimum atomic E-state index is -2.90. The van der Waals surface area contributed by atoms with Gasteiger partial charge in [-0.1, -0.05) is 32.9 Å². The molecule has 0 bridgehead atoms. The molecule has 4 rings (SSSR count). The summed E-state index contributed by atoms with van der Waals surface area (Å²) < 4.78 is 28.5. The van der Waals surface area contributed by atoms with E-state index in [1.165, 1.54) is 12.8 Å². The number of hydrogen-bond donors (Lipinski definition) is 1. The lowest BCUT2D eigenvalue weighted by Gasteiger charge is -2.59. The molecule has 3 unspecified atom stereocenters. The van der Waals surface area contributed by atoms with Gasteiger partial charge in [-0.2, -0.15) is 0 Å². The summed E-state index contributed by atoms with van der Waals surface area (Å²) in [4.78, 5) is 0. The summed E-state index contributed by atoms with van der Waals surface area (Å²) in [6.45, 7) is 6.59. The van der Waals surface area contributed by atoms with E-state index in [-0.39, 0.29) is 17.8 Å². The molecule has 1 N–H and O–H groups in total. The molecule has 23 heavy (non-hydrogen) atoms. The molecule has 0 radical (unpaired) electrons. The van der Waals surface area contributed by atoms with Crippen LogP contribution in [-0.4, -0.2) is 17.1 Å². The van der Waals surface area contributed by atoms with Crippen LogP contribution >= 0.6 is 0 Å². The van der Waals surface area contributed by atoms with Gasteiger partial charge in [0.1, 0.15) is 6.10 Å². The Balaban J connectivity index is 1.68. The number of allylic oxidation sites excluding steroid dienone is 2. The van der Waals surface area contributed by atoms with E-state index in [9.17, 15) is 13.9 Å². The molecule has 3 fully saturated rings. The van der Waals surface area contributed by atoms with E-state index in [0.717, 1.165) is 19.3 Å². The van der Waals surface area contributed by atoms with Crippen molar-refractivity contribution in [3.63, 3.8) is 0 Å². The molecule has 0 aromatic carbocycles. The van der Waals surface area contributed by atoms with Crippen LogP contribution in [0.4, 0.5) is 8.78 Å². The first-order valence-corrected chi connectivity index (χ1v) is 9.44. The van der Waals surface area contributed by atoms with Crippen molar-refractivity contribution in [1.29, 1.82) is 0 Å². The molecule has 130 valence electrons. The van der Waals surface area contributed by atoms with Crippen molar-refractivity contribution in [1.82, 2.24) is 0 Å². The highest BCUT2D eigenvalue weighted by atomic mass is 19.3. The highest BCUT2D eigenvalue weighted by molar-refractivity contribution is 5.18. The summed E-state index contributed by atoms with van der Waals surface area (Å²) in [5.41, 5.74) is -0.404. The molecule has 8 atom stereocenters. The molecule has 0 aromatic rings. The maximum Gasteiger partial charge on any atom is 0.274 e. The van der Waals surface area contributed by atoms with E-state index in [1.54, 1.807) is 0 Å². The molecular formula is C20H30F2O. The van der Waals surface area contributed by atoms with Gasteiger partial charge in [-0.15, -0.1) is 0 Å². The number of aliphatic hydroxyl groups is 1. The Kier molecular flexibility index (Phi) is 3.35. The highest BCUT2D eigenvalue weighted by Crippen LogP contribution is 2.67. The zero-order valence-electron chi connectivity index (χ0n) is 14.6. The lowest BCUT2D eigenvalue weighted by molar-refractivity contribution is -0.133. The van der Waals surface area contributed by atoms with Crippen LogP contribution in [0.5, 0.6) is 0 Å². The number of halogens is 2. The standard InChI is InChI=1S/C20H30F2O/c1-12-6-8-18(2)13(10-12)4-5-14-15(18)7-9-19(3)16(14)11-20(21,22)17(19)23/h6,8,12-17,23H,4-5,7,9-11H2,1-3H3/t12?,13?,14-,15-,16+,17?,18+,19+/m1/s1. The average molecular weight is 324 g/mol. The van der Waals surface area contributed by atoms with Gasteiger partial charge in [0.05, 0.1) is 0 Å². The summed E-state index contributed by atoms with van der Waals surface area (Å²) >= 11 is 0. The Morgan fingerprint density at radius 1 is 1.09 bits per heavy atom. The largest absolute Gasteiger partial charge is 0.386 e. The molecule has 0 spiro atoms. The summed E-state index contributed by atoms with van der Waals surface area (Å²) in [6, 6.07) is 0. The number of hydrogen-bond acceptors (Lipinski definition) is 1. The van der Waals surface area contributed by atoms with E-state index < -0.39 is 17.4 Å². The van der Waals surface area contributed by atoms with Crippen LogP contribution in [0.2, 0.25) is 0 Å². The molecule has 0 aliphatic heterocycles. The van der Waals surface area contributed by atoms with E-state index in [4.69, 9.17) is 0 Å². The molecular weight excluding hydrogens is 294 g/mol. The maximum absolute atomic E-state index is 14.3. The molecule has 0 aromatic heterocycles. The van der Waals surface area contributed by atoms with Crippen LogP contribution in [0.3, 0.4) is 0 Å². The van der Waals surface area contributed by atoms with Crippen molar-refractivity contribution in [2.24, 2.45) is 40.4 Å². The van der Waals surface area contributed by atoms with Gasteiger partial charge in [0.25, 0.3) is 5.92 Å². The minimum absolute atomic E-state index is 0.0169. The van der Waals surface area contributed by atoms with Crippen molar-refractivity contribution >= 4 is 0 Å². The van der Waals surface area contributed by atoms with E-state index in [2.05, 4.69) is 26.0 Å². The fraction of sp³-hybridized carbons (Fsp3) is 0.900. The second kappa shape index (κ2) is 4.80. The lowest BCUT2D eigenvalue weighted by Crippen LogP contribution is -2.53. The predicted octanol–water partition coefficient (Wildman–Crippen LogP) is 5.05. The zero-order valence-corrected chi connectivity index (χ0v) is 14.6. The molecule has 1 nitrogen and oxygen atoms in total. The van der Waals surface area contributed by atoms with Crippen LogP contribution < -0.4 is 0 Å². The Hall–Kier alpha value is -0.440. The lowest BCUT2D eigenvalue weighted by atomic mass is 9.46. The zero-order chi connectivity index (χ0) is 16.6. The highest BCUT2D eigenvalue weighted by Gasteiger charge is 2.67. The minimum Gasteiger partial charge on any atom is -0.386 e. The summed E-state index contributed by atoms with van der Waals surface area (Å²) in [6.07, 6.45) is 8.46. The van der Waals surface area contributed by atoms with Crippen molar-refractivity contribution in [3.05, 3.63) is 12.2 Å². The van der Waals surface area contributed by atoms with Gasteiger partial charge in [0, 0.05) is 11.8 Å². The van der Waals surface area contributed by atoms with Gasteiger partial charge < -0.3 is 5.11 Å². The monoisotopic (exact) mass is 324 g/mol. The molecule has 3 saturated carbocycles. The van der Waals surface area contributed by atoms with Crippen molar-refractivity contribution in [2.45, 2.75) is 71.3 Å². The first-order valence-electron chi connectivity index (χ1n) is 9.44. The number of fused-ring (bicyclic) bond motifs is 5. The average Bonchev–Trinajstić information content (AvgIpc) is 2.68. The van der Waals surface area contributed by atoms with Crippen molar-refractivity contribution in [2.75, 3.05) is 0 Å². The van der Waals surface area contributed by atoms with Crippen molar-refractivity contribution < 1.29 is 13.9 Å². The van der Waals surface area contributed by atoms with E-state index in [1.807, 2.05) is 6.92 Å². The van der Waals surface area contributed by atoms with Gasteiger partial charge in [0.15, 0.2) is 0 Å². The maximum atomic E-state index is 14.3. The molecule has 3 heteroatoms. The van der Waals surface area contributed by atoms with Crippen LogP contribution in [0.25, 0.3) is 0 Å². The van der Waals surface area contributed by atoms with Gasteiger partial charge in [-0.25, -0.2) is 8.78 Å². The summed E-state index contributed by atoms with van der Waals surface area (Å²) in [7, 11) is 0. The Morgan fingerprint density at radius 3 is 2.57 bits per heavy atom. The Labute approximate surface area is 138 Å². The topological polar surface area (TPSA) is 20.2 Å². The smallest absolute Gasteiger partial charge is 0.274 e. The first kappa shape index (κ1) is 16.1. The van der Waals surface area contributed by atoms with Crippen LogP contribution in [0, 0.1) is 40.4 Å². The predicted molar refractivity (Wildman–Crippen MR) is 87.1 cm³/mol. The molecule has 4 aliphatic carbocycles. The third-order valence-corrected chi connectivity index (χ3v) is 8.36. The third kappa shape index (κ3) is 2.04. The number of alkyl halides is 2. The van der Waals surface area contributed by atoms with Gasteiger partial charge in [0.2, 0.25) is 0 Å². The third-order valence-electron chi connectivity index (χ3n) is 8.36. The van der Waals surface area contributed by atoms with Crippen LogP contribution in [0.15, 0.2) is 12.2 Å². The van der Waals surface area contributed by atoms with E-state index in [0.29, 0.717) is 23.7 Å². The second-order valence-corrected chi connectivity index (χ2v) is 9.50. The van der Waals surface area contributed by atoms with E-state index >= 15 is 0 Å². The van der Waals surface area contributed by atoms with Gasteiger partial charge in [-0.05, 0) is 67.1 Å². The normalized spacial score (nSPS) is 57.5. The number of aliphatic hydroxyl groups excluding tert-OH is 1. The van der Waals surface area contributed by atoms with Gasteiger partial charge in [-0.3, -0.25) is 0 Å². The Morgan fingerprint density at radius 2 is 1.83 bits per heavy atom. The SMILES string of the molecule is CC1C=C[C@@]2(C)C(CC[C@@H]3[C@H]2CC[C@]2(C)C(O)C(F)(F)C[C@@H]32)C1. The fourth-order valence-corrected chi connectivity index (χ4v) is 6.96. The first-order chi connectivity index (χ1) is 10.7. The van der Waals surface area contributed by atoms with Crippen molar-refractivity contribution in [3.8, 4) is 0 Å². The number of rotatable bonds is 0.